The van der Waals surface area contributed by atoms with Gasteiger partial charge in [-0.1, -0.05) is 44.2 Å². The van der Waals surface area contributed by atoms with Crippen LogP contribution in [-0.4, -0.2) is 29.9 Å². The van der Waals surface area contributed by atoms with Crippen LogP contribution >= 0.6 is 0 Å². The number of amides is 1. The molecule has 3 heteroatoms. The number of likely N-dealkylation sites (tertiary alicyclic amines) is 1. The van der Waals surface area contributed by atoms with Crippen molar-refractivity contribution in [1.29, 1.82) is 0 Å². The van der Waals surface area contributed by atoms with Crippen molar-refractivity contribution in [3.05, 3.63) is 35.9 Å². The molecule has 1 heterocycles. The predicted octanol–water partition coefficient (Wildman–Crippen LogP) is 2.12. The molecule has 3 N–H and O–H groups in total. The Morgan fingerprint density at radius 3 is 2.48 bits per heavy atom. The summed E-state index contributed by atoms with van der Waals surface area (Å²) >= 11 is 0. The van der Waals surface area contributed by atoms with Gasteiger partial charge in [-0.25, -0.2) is 0 Å². The Morgan fingerprint density at radius 2 is 1.90 bits per heavy atom. The van der Waals surface area contributed by atoms with Crippen molar-refractivity contribution in [3.8, 4) is 0 Å². The van der Waals surface area contributed by atoms with Crippen molar-refractivity contribution in [2.24, 2.45) is 11.8 Å². The van der Waals surface area contributed by atoms with Crippen molar-refractivity contribution in [3.63, 3.8) is 0 Å². The van der Waals surface area contributed by atoms with E-state index < -0.39 is 0 Å². The Kier molecular flexibility index (Phi) is 5.80. The molecule has 0 aliphatic carbocycles. The highest BCUT2D eigenvalue weighted by molar-refractivity contribution is 5.80. The van der Waals surface area contributed by atoms with Gasteiger partial charge in [0, 0.05) is 19.0 Å². The molecule has 0 unspecified atom stereocenters. The van der Waals surface area contributed by atoms with E-state index in [0.29, 0.717) is 11.8 Å². The maximum Gasteiger partial charge on any atom is 0.281 e. The molecule has 1 aliphatic rings. The van der Waals surface area contributed by atoms with Crippen LogP contribution in [0.3, 0.4) is 0 Å². The summed E-state index contributed by atoms with van der Waals surface area (Å²) in [5.41, 5.74) is 5.49. The summed E-state index contributed by atoms with van der Waals surface area (Å²) in [5.74, 6) is 1.34. The number of benzene rings is 1. The molecule has 2 atom stereocenters. The second-order valence-corrected chi connectivity index (χ2v) is 6.45. The lowest BCUT2D eigenvalue weighted by atomic mass is 9.89. The van der Waals surface area contributed by atoms with Gasteiger partial charge < -0.3 is 10.6 Å². The maximum absolute atomic E-state index is 12.4. The summed E-state index contributed by atoms with van der Waals surface area (Å²) in [4.78, 5) is 14.5. The molecule has 2 rings (SSSR count). The van der Waals surface area contributed by atoms with Crippen LogP contribution in [-0.2, 0) is 11.2 Å². The fourth-order valence-electron chi connectivity index (χ4n) is 3.07. The lowest BCUT2D eigenvalue weighted by Gasteiger charge is -2.33. The van der Waals surface area contributed by atoms with Crippen LogP contribution in [0, 0.1) is 11.8 Å². The summed E-state index contributed by atoms with van der Waals surface area (Å²) in [6, 6.07) is 10.6. The summed E-state index contributed by atoms with van der Waals surface area (Å²) in [5, 5.41) is 0. The van der Waals surface area contributed by atoms with Crippen LogP contribution in [0.1, 0.15) is 38.7 Å². The van der Waals surface area contributed by atoms with Crippen LogP contribution in [0.2, 0.25) is 0 Å². The Morgan fingerprint density at radius 1 is 1.29 bits per heavy atom. The Bertz CT molecular complexity index is 438. The molecule has 1 aromatic carbocycles. The standard InChI is InChI=1S/C18H28N2O/c1-3-14(2)17(19)18(21)20-11-9-16(10-12-20)13-15-7-5-4-6-8-15/h4-8,14,16-17H,3,9-13,19H2,1-2H3/p+1/t14-,17-/m0/s1. The molecule has 116 valence electrons. The highest BCUT2D eigenvalue weighted by atomic mass is 16.2. The van der Waals surface area contributed by atoms with E-state index in [9.17, 15) is 4.79 Å². The van der Waals surface area contributed by atoms with Crippen molar-refractivity contribution in [2.75, 3.05) is 13.1 Å². The third-order valence-corrected chi connectivity index (χ3v) is 4.94. The van der Waals surface area contributed by atoms with E-state index in [1.54, 1.807) is 0 Å². The largest absolute Gasteiger partial charge is 0.347 e. The first kappa shape index (κ1) is 16.0. The van der Waals surface area contributed by atoms with Gasteiger partial charge in [-0.15, -0.1) is 0 Å². The van der Waals surface area contributed by atoms with Crippen LogP contribution in [0.15, 0.2) is 30.3 Å². The molecule has 1 fully saturated rings. The number of hydrogen-bond acceptors (Lipinski definition) is 1. The molecule has 0 aromatic heterocycles. The number of carbonyl (C=O) groups is 1. The summed E-state index contributed by atoms with van der Waals surface area (Å²) in [6.07, 6.45) is 4.40. The monoisotopic (exact) mass is 289 g/mol. The SMILES string of the molecule is CC[C@H](C)[C@H]([NH3+])C(=O)N1CCC(Cc2ccccc2)CC1. The zero-order valence-electron chi connectivity index (χ0n) is 13.4. The molecule has 0 spiro atoms. The van der Waals surface area contributed by atoms with E-state index in [-0.39, 0.29) is 11.9 Å². The highest BCUT2D eigenvalue weighted by Crippen LogP contribution is 2.22. The van der Waals surface area contributed by atoms with E-state index in [2.05, 4.69) is 49.9 Å². The fraction of sp³-hybridized carbons (Fsp3) is 0.611. The number of hydrogen-bond donors (Lipinski definition) is 1. The molecule has 0 radical (unpaired) electrons. The smallest absolute Gasteiger partial charge is 0.281 e. The lowest BCUT2D eigenvalue weighted by Crippen LogP contribution is -2.70. The minimum atomic E-state index is -0.0827. The van der Waals surface area contributed by atoms with Crippen LogP contribution in [0.5, 0.6) is 0 Å². The van der Waals surface area contributed by atoms with Crippen molar-refractivity contribution in [2.45, 2.75) is 45.6 Å². The molecule has 1 aliphatic heterocycles. The molecular weight excluding hydrogens is 260 g/mol. The quantitative estimate of drug-likeness (QED) is 0.887. The molecule has 1 amide bonds. The fourth-order valence-corrected chi connectivity index (χ4v) is 3.07. The van der Waals surface area contributed by atoms with Gasteiger partial charge in [0.2, 0.25) is 0 Å². The van der Waals surface area contributed by atoms with Gasteiger partial charge in [-0.2, -0.15) is 0 Å². The first-order chi connectivity index (χ1) is 10.1. The average molecular weight is 289 g/mol. The maximum atomic E-state index is 12.4. The minimum Gasteiger partial charge on any atom is -0.347 e. The summed E-state index contributed by atoms with van der Waals surface area (Å²) in [7, 11) is 0. The van der Waals surface area contributed by atoms with Crippen molar-refractivity contribution in [1.82, 2.24) is 4.90 Å². The van der Waals surface area contributed by atoms with E-state index in [1.807, 2.05) is 4.90 Å². The Balaban J connectivity index is 1.81. The van der Waals surface area contributed by atoms with Gasteiger partial charge in [0.1, 0.15) is 0 Å². The number of rotatable bonds is 5. The predicted molar refractivity (Wildman–Crippen MR) is 85.6 cm³/mol. The Hall–Kier alpha value is -1.35. The molecule has 1 aromatic rings. The topological polar surface area (TPSA) is 48.0 Å². The zero-order valence-corrected chi connectivity index (χ0v) is 13.4. The minimum absolute atomic E-state index is 0.0827. The molecule has 3 nitrogen and oxygen atoms in total. The normalized spacial score (nSPS) is 19.3. The first-order valence-electron chi connectivity index (χ1n) is 8.27. The second-order valence-electron chi connectivity index (χ2n) is 6.45. The summed E-state index contributed by atoms with van der Waals surface area (Å²) < 4.78 is 0. The van der Waals surface area contributed by atoms with Crippen molar-refractivity contribution < 1.29 is 10.5 Å². The zero-order chi connectivity index (χ0) is 15.2. The number of nitrogens with zero attached hydrogens (tertiary/aromatic N) is 1. The molecular formula is C18H29N2O+. The van der Waals surface area contributed by atoms with E-state index >= 15 is 0 Å². The van der Waals surface area contributed by atoms with Crippen molar-refractivity contribution >= 4 is 5.91 Å². The molecule has 1 saturated heterocycles. The lowest BCUT2D eigenvalue weighted by molar-refractivity contribution is -0.417. The average Bonchev–Trinajstić information content (AvgIpc) is 2.54. The van der Waals surface area contributed by atoms with Gasteiger partial charge in [0.15, 0.2) is 6.04 Å². The number of carbonyl (C=O) groups excluding carboxylic acids is 1. The highest BCUT2D eigenvalue weighted by Gasteiger charge is 2.30. The van der Waals surface area contributed by atoms with Crippen LogP contribution < -0.4 is 5.73 Å². The Labute approximate surface area is 128 Å². The van der Waals surface area contributed by atoms with E-state index in [0.717, 1.165) is 38.8 Å². The van der Waals surface area contributed by atoms with Crippen LogP contribution in [0.4, 0.5) is 0 Å². The molecule has 0 saturated carbocycles. The number of piperidine rings is 1. The van der Waals surface area contributed by atoms with Gasteiger partial charge in [0.25, 0.3) is 5.91 Å². The third-order valence-electron chi connectivity index (χ3n) is 4.94. The van der Waals surface area contributed by atoms with Gasteiger partial charge in [0.05, 0.1) is 0 Å². The third kappa shape index (κ3) is 4.31. The number of quaternary nitrogens is 1. The summed E-state index contributed by atoms with van der Waals surface area (Å²) in [6.45, 7) is 6.05. The van der Waals surface area contributed by atoms with Gasteiger partial charge >= 0.3 is 0 Å². The molecule has 0 bridgehead atoms. The van der Waals surface area contributed by atoms with Gasteiger partial charge in [-0.3, -0.25) is 4.79 Å². The van der Waals surface area contributed by atoms with Gasteiger partial charge in [-0.05, 0) is 37.2 Å². The molecule has 21 heavy (non-hydrogen) atoms. The second kappa shape index (κ2) is 7.60. The van der Waals surface area contributed by atoms with E-state index in [1.165, 1.54) is 5.56 Å². The van der Waals surface area contributed by atoms with E-state index in [4.69, 9.17) is 0 Å². The first-order valence-corrected chi connectivity index (χ1v) is 8.27. The van der Waals surface area contributed by atoms with Crippen LogP contribution in [0.25, 0.3) is 0 Å².